The van der Waals surface area contributed by atoms with Crippen molar-refractivity contribution in [3.63, 3.8) is 0 Å². The van der Waals surface area contributed by atoms with Crippen LogP contribution in [0.15, 0.2) is 40.7 Å². The van der Waals surface area contributed by atoms with Crippen molar-refractivity contribution in [2.45, 2.75) is 19.4 Å². The number of aromatic amines is 1. The lowest BCUT2D eigenvalue weighted by Crippen LogP contribution is -2.37. The average Bonchev–Trinajstić information content (AvgIpc) is 2.62. The highest BCUT2D eigenvalue weighted by atomic mass is 16.5. The van der Waals surface area contributed by atoms with Crippen LogP contribution in [0.2, 0.25) is 0 Å². The van der Waals surface area contributed by atoms with Crippen molar-refractivity contribution >= 4 is 11.7 Å². The van der Waals surface area contributed by atoms with Crippen LogP contribution in [0.25, 0.3) is 5.76 Å². The smallest absolute Gasteiger partial charge is 0.337 e. The number of fused-ring (bicyclic) bond motifs is 1. The number of nitrogens with zero attached hydrogens (tertiary/aromatic N) is 1. The summed E-state index contributed by atoms with van der Waals surface area (Å²) in [6.45, 7) is 3.26. The molecule has 0 aliphatic carbocycles. The summed E-state index contributed by atoms with van der Waals surface area (Å²) < 4.78 is 16.6. The van der Waals surface area contributed by atoms with Crippen molar-refractivity contribution in [2.75, 3.05) is 13.7 Å². The van der Waals surface area contributed by atoms with E-state index in [0.717, 1.165) is 0 Å². The van der Waals surface area contributed by atoms with Crippen LogP contribution in [0.1, 0.15) is 29.8 Å². The fourth-order valence-corrected chi connectivity index (χ4v) is 2.69. The number of carbonyl (C=O) groups excluding carboxylic acids is 1. The Hall–Kier alpha value is -3.13. The fourth-order valence-electron chi connectivity index (χ4n) is 2.69. The van der Waals surface area contributed by atoms with Crippen LogP contribution in [0, 0.1) is 0 Å². The van der Waals surface area contributed by atoms with Gasteiger partial charge in [0.15, 0.2) is 0 Å². The fraction of sp³-hybridized carbons (Fsp3) is 0.278. The van der Waals surface area contributed by atoms with E-state index in [9.17, 15) is 14.7 Å². The van der Waals surface area contributed by atoms with Crippen molar-refractivity contribution in [3.05, 3.63) is 57.4 Å². The summed E-state index contributed by atoms with van der Waals surface area (Å²) in [5.74, 6) is 0.422. The van der Waals surface area contributed by atoms with E-state index in [0.29, 0.717) is 28.2 Å². The summed E-state index contributed by atoms with van der Waals surface area (Å²) in [7, 11) is 1.29. The third kappa shape index (κ3) is 3.18. The van der Waals surface area contributed by atoms with Gasteiger partial charge in [-0.25, -0.2) is 9.89 Å². The highest BCUT2D eigenvalue weighted by Gasteiger charge is 2.36. The van der Waals surface area contributed by atoms with Gasteiger partial charge in [0.1, 0.15) is 17.1 Å². The van der Waals surface area contributed by atoms with Gasteiger partial charge in [-0.3, -0.25) is 4.79 Å². The summed E-state index contributed by atoms with van der Waals surface area (Å²) in [5, 5.41) is 16.0. The van der Waals surface area contributed by atoms with E-state index >= 15 is 0 Å². The molecule has 0 spiro atoms. The molecule has 136 valence electrons. The molecule has 1 aliphatic heterocycles. The van der Waals surface area contributed by atoms with Gasteiger partial charge in [-0.05, 0) is 32.0 Å². The molecule has 2 aromatic rings. The molecule has 8 heteroatoms. The second-order valence-corrected chi connectivity index (χ2v) is 6.14. The zero-order valence-corrected chi connectivity index (χ0v) is 14.5. The summed E-state index contributed by atoms with van der Waals surface area (Å²) >= 11 is 0. The maximum absolute atomic E-state index is 11.9. The van der Waals surface area contributed by atoms with Gasteiger partial charge in [0, 0.05) is 17.7 Å². The normalized spacial score (nSPS) is 15.1. The Morgan fingerprint density at radius 2 is 2.08 bits per heavy atom. The first kappa shape index (κ1) is 17.7. The number of hydrogen-bond acceptors (Lipinski definition) is 7. The predicted molar refractivity (Wildman–Crippen MR) is 92.0 cm³/mol. The molecule has 0 unspecified atom stereocenters. The number of hydrogen-bond donors (Lipinski definition) is 2. The molecule has 2 heterocycles. The van der Waals surface area contributed by atoms with E-state index < -0.39 is 11.6 Å². The first-order valence-corrected chi connectivity index (χ1v) is 7.85. The maximum atomic E-state index is 11.9. The van der Waals surface area contributed by atoms with Gasteiger partial charge < -0.3 is 19.3 Å². The lowest BCUT2D eigenvalue weighted by atomic mass is 9.90. The molecule has 1 aliphatic rings. The second kappa shape index (κ2) is 6.64. The molecule has 0 saturated carbocycles. The predicted octanol–water partition coefficient (Wildman–Crippen LogP) is 1.51. The van der Waals surface area contributed by atoms with Crippen LogP contribution in [0.3, 0.4) is 0 Å². The zero-order chi connectivity index (χ0) is 18.9. The summed E-state index contributed by atoms with van der Waals surface area (Å²) in [5.41, 5.74) is 0.0487. The largest absolute Gasteiger partial charge is 0.482 e. The van der Waals surface area contributed by atoms with Gasteiger partial charge in [-0.1, -0.05) is 0 Å². The van der Waals surface area contributed by atoms with E-state index in [1.807, 2.05) is 0 Å². The Balaban J connectivity index is 2.15. The minimum Gasteiger partial charge on any atom is -0.482 e. The van der Waals surface area contributed by atoms with Crippen LogP contribution >= 0.6 is 0 Å². The monoisotopic (exact) mass is 358 g/mol. The van der Waals surface area contributed by atoms with Crippen LogP contribution in [0.5, 0.6) is 11.6 Å². The van der Waals surface area contributed by atoms with E-state index in [4.69, 9.17) is 14.2 Å². The number of nitrogens with one attached hydrogen (secondary N) is 1. The molecular weight excluding hydrogens is 340 g/mol. The maximum Gasteiger partial charge on any atom is 0.337 e. The molecule has 26 heavy (non-hydrogen) atoms. The Labute approximate surface area is 149 Å². The summed E-state index contributed by atoms with van der Waals surface area (Å²) in [6, 6.07) is 7.47. The molecule has 0 bridgehead atoms. The third-order valence-electron chi connectivity index (χ3n) is 4.03. The molecule has 2 N–H and O–H groups in total. The van der Waals surface area contributed by atoms with Crippen molar-refractivity contribution in [1.29, 1.82) is 0 Å². The van der Waals surface area contributed by atoms with E-state index in [1.165, 1.54) is 19.2 Å². The topological polar surface area (TPSA) is 111 Å². The second-order valence-electron chi connectivity index (χ2n) is 6.14. The number of rotatable bonds is 4. The molecular formula is C18H18N2O6. The van der Waals surface area contributed by atoms with Gasteiger partial charge in [0.05, 0.1) is 24.8 Å². The van der Waals surface area contributed by atoms with Gasteiger partial charge in [-0.15, -0.1) is 5.10 Å². The first-order chi connectivity index (χ1) is 12.4. The van der Waals surface area contributed by atoms with Crippen molar-refractivity contribution < 1.29 is 24.1 Å². The lowest BCUT2D eigenvalue weighted by molar-refractivity contribution is 0.0600. The number of benzene rings is 1. The van der Waals surface area contributed by atoms with Crippen LogP contribution < -0.4 is 15.0 Å². The lowest BCUT2D eigenvalue weighted by Gasteiger charge is -2.35. The molecule has 1 aromatic heterocycles. The van der Waals surface area contributed by atoms with Gasteiger partial charge in [0.25, 0.3) is 5.56 Å². The van der Waals surface area contributed by atoms with Gasteiger partial charge in [-0.2, -0.15) is 0 Å². The Bertz CT molecular complexity index is 924. The number of methoxy groups -OCH3 is 1. The number of carbonyl (C=O) groups is 1. The number of aromatic nitrogens is 2. The highest BCUT2D eigenvalue weighted by molar-refractivity contribution is 5.91. The minimum absolute atomic E-state index is 0.137. The van der Waals surface area contributed by atoms with Crippen LogP contribution in [-0.2, 0) is 4.74 Å². The standard InChI is InChI=1S/C18H18N2O6/c1-18(2)12(9-21)16(25-15-7-6-14(22)19-20-15)11-8-10(17(23)24-3)4-5-13(11)26-18/h4-8,21H,9H2,1-3H3,(H,19,22). The van der Waals surface area contributed by atoms with Gasteiger partial charge >= 0.3 is 5.97 Å². The SMILES string of the molecule is COC(=O)c1ccc2c(c1)C(Oc1ccc(=O)[nH]n1)=C(CO)C(C)(C)O2. The average molecular weight is 358 g/mol. The quantitative estimate of drug-likeness (QED) is 0.797. The molecule has 0 fully saturated rings. The van der Waals surface area contributed by atoms with Crippen LogP contribution in [-0.4, -0.2) is 40.6 Å². The van der Waals surface area contributed by atoms with Crippen molar-refractivity contribution in [2.24, 2.45) is 0 Å². The van der Waals surface area contributed by atoms with Crippen molar-refractivity contribution in [1.82, 2.24) is 10.2 Å². The highest BCUT2D eigenvalue weighted by Crippen LogP contribution is 2.41. The number of aliphatic hydroxyl groups excluding tert-OH is 1. The van der Waals surface area contributed by atoms with E-state index in [2.05, 4.69) is 10.2 Å². The number of H-pyrrole nitrogens is 1. The first-order valence-electron chi connectivity index (χ1n) is 7.85. The van der Waals surface area contributed by atoms with Crippen LogP contribution in [0.4, 0.5) is 0 Å². The van der Waals surface area contributed by atoms with E-state index in [1.54, 1.807) is 32.0 Å². The molecule has 0 radical (unpaired) electrons. The van der Waals surface area contributed by atoms with Crippen molar-refractivity contribution in [3.8, 4) is 11.6 Å². The zero-order valence-electron chi connectivity index (χ0n) is 14.5. The Kier molecular flexibility index (Phi) is 4.52. The third-order valence-corrected chi connectivity index (χ3v) is 4.03. The molecule has 8 nitrogen and oxygen atoms in total. The molecule has 1 aromatic carbocycles. The minimum atomic E-state index is -0.841. The number of aliphatic hydroxyl groups is 1. The number of ether oxygens (including phenoxy) is 3. The van der Waals surface area contributed by atoms with Gasteiger partial charge in [0.2, 0.25) is 5.88 Å². The summed E-state index contributed by atoms with van der Waals surface area (Å²) in [4.78, 5) is 23.1. The molecule has 0 amide bonds. The van der Waals surface area contributed by atoms with E-state index in [-0.39, 0.29) is 18.0 Å². The summed E-state index contributed by atoms with van der Waals surface area (Å²) in [6.07, 6.45) is 0. The Morgan fingerprint density at radius 1 is 1.31 bits per heavy atom. The molecule has 0 saturated heterocycles. The molecule has 0 atom stereocenters. The Morgan fingerprint density at radius 3 is 2.69 bits per heavy atom. The number of esters is 1. The molecule has 3 rings (SSSR count).